The van der Waals surface area contributed by atoms with Gasteiger partial charge in [0.1, 0.15) is 0 Å². The first-order valence-corrected chi connectivity index (χ1v) is 7.55. The molecule has 106 valence electrons. The van der Waals surface area contributed by atoms with E-state index >= 15 is 0 Å². The summed E-state index contributed by atoms with van der Waals surface area (Å²) in [6.45, 7) is 6.83. The van der Waals surface area contributed by atoms with Gasteiger partial charge >= 0.3 is 0 Å². The minimum atomic E-state index is 0.273. The molecule has 0 saturated heterocycles. The Balaban J connectivity index is 1.97. The Kier molecular flexibility index (Phi) is 4.64. The van der Waals surface area contributed by atoms with Crippen LogP contribution in [-0.4, -0.2) is 0 Å². The first kappa shape index (κ1) is 14.5. The summed E-state index contributed by atoms with van der Waals surface area (Å²) in [6.07, 6.45) is 6.38. The van der Waals surface area contributed by atoms with Gasteiger partial charge in [-0.3, -0.25) is 11.3 Å². The second-order valence-corrected chi connectivity index (χ2v) is 7.11. The monoisotopic (exact) mass is 260 g/mol. The van der Waals surface area contributed by atoms with Crippen LogP contribution in [0.1, 0.15) is 76.0 Å². The van der Waals surface area contributed by atoms with Crippen molar-refractivity contribution in [1.82, 2.24) is 5.43 Å². The van der Waals surface area contributed by atoms with Gasteiger partial charge in [0.15, 0.2) is 0 Å². The molecule has 1 atom stereocenters. The molecule has 0 amide bonds. The Hall–Kier alpha value is -0.860. The van der Waals surface area contributed by atoms with Crippen molar-refractivity contribution in [2.75, 3.05) is 0 Å². The predicted molar refractivity (Wildman–Crippen MR) is 81.8 cm³/mol. The maximum atomic E-state index is 5.72. The molecule has 1 aliphatic rings. The van der Waals surface area contributed by atoms with Crippen molar-refractivity contribution in [2.45, 2.75) is 64.8 Å². The first-order valence-electron chi connectivity index (χ1n) is 7.55. The number of nitrogens with one attached hydrogen (secondary N) is 1. The molecule has 0 bridgehead atoms. The lowest BCUT2D eigenvalue weighted by Crippen LogP contribution is -2.29. The quantitative estimate of drug-likeness (QED) is 0.612. The molecule has 0 heterocycles. The lowest BCUT2D eigenvalue weighted by Gasteiger charge is -2.27. The van der Waals surface area contributed by atoms with Gasteiger partial charge in [-0.25, -0.2) is 0 Å². The van der Waals surface area contributed by atoms with Gasteiger partial charge in [0.25, 0.3) is 0 Å². The molecule has 2 heteroatoms. The average molecular weight is 260 g/mol. The number of rotatable bonds is 5. The third-order valence-electron chi connectivity index (χ3n) is 4.30. The zero-order valence-corrected chi connectivity index (χ0v) is 12.6. The summed E-state index contributed by atoms with van der Waals surface area (Å²) in [5.74, 6) is 6.53. The molecular weight excluding hydrogens is 232 g/mol. The number of hydrogen-bond donors (Lipinski definition) is 2. The van der Waals surface area contributed by atoms with E-state index in [0.717, 1.165) is 12.3 Å². The summed E-state index contributed by atoms with van der Waals surface area (Å²) in [6, 6.07) is 9.36. The number of benzene rings is 1. The number of nitrogens with two attached hydrogens (primary N) is 1. The van der Waals surface area contributed by atoms with Crippen LogP contribution in [0.2, 0.25) is 0 Å². The SMILES string of the molecule is CC(C)(C)CCC(NN)c1ccc(C2CCC2)cc1. The van der Waals surface area contributed by atoms with Crippen molar-refractivity contribution in [3.8, 4) is 0 Å². The van der Waals surface area contributed by atoms with Crippen LogP contribution in [0.5, 0.6) is 0 Å². The molecule has 1 aliphatic carbocycles. The second-order valence-electron chi connectivity index (χ2n) is 7.11. The van der Waals surface area contributed by atoms with Crippen molar-refractivity contribution < 1.29 is 0 Å². The minimum absolute atomic E-state index is 0.273. The molecule has 1 fully saturated rings. The van der Waals surface area contributed by atoms with Gasteiger partial charge in [-0.1, -0.05) is 51.5 Å². The lowest BCUT2D eigenvalue weighted by molar-refractivity contribution is 0.333. The van der Waals surface area contributed by atoms with Crippen molar-refractivity contribution in [1.29, 1.82) is 0 Å². The van der Waals surface area contributed by atoms with Crippen molar-refractivity contribution in [2.24, 2.45) is 11.3 Å². The normalized spacial score (nSPS) is 18.1. The minimum Gasteiger partial charge on any atom is -0.271 e. The maximum Gasteiger partial charge on any atom is 0.0460 e. The predicted octanol–water partition coefficient (Wildman–Crippen LogP) is 4.28. The van der Waals surface area contributed by atoms with Crippen LogP contribution in [0.4, 0.5) is 0 Å². The van der Waals surface area contributed by atoms with E-state index < -0.39 is 0 Å². The van der Waals surface area contributed by atoms with Crippen LogP contribution in [0, 0.1) is 5.41 Å². The van der Waals surface area contributed by atoms with Gasteiger partial charge in [0.2, 0.25) is 0 Å². The Labute approximate surface area is 117 Å². The summed E-state index contributed by atoms with van der Waals surface area (Å²) in [4.78, 5) is 0. The van der Waals surface area contributed by atoms with Crippen LogP contribution in [0.15, 0.2) is 24.3 Å². The molecule has 0 aliphatic heterocycles. The van der Waals surface area contributed by atoms with E-state index in [1.54, 1.807) is 0 Å². The van der Waals surface area contributed by atoms with Crippen LogP contribution >= 0.6 is 0 Å². The van der Waals surface area contributed by atoms with E-state index in [9.17, 15) is 0 Å². The van der Waals surface area contributed by atoms with Crippen LogP contribution < -0.4 is 11.3 Å². The van der Waals surface area contributed by atoms with Crippen LogP contribution in [0.3, 0.4) is 0 Å². The standard InChI is InChI=1S/C17H28N2/c1-17(2,3)12-11-16(19-18)15-9-7-14(8-10-15)13-5-4-6-13/h7-10,13,16,19H,4-6,11-12,18H2,1-3H3. The molecule has 1 saturated carbocycles. The van der Waals surface area contributed by atoms with Crippen LogP contribution in [-0.2, 0) is 0 Å². The fourth-order valence-corrected chi connectivity index (χ4v) is 2.67. The van der Waals surface area contributed by atoms with E-state index in [0.29, 0.717) is 5.41 Å². The van der Waals surface area contributed by atoms with Crippen molar-refractivity contribution >= 4 is 0 Å². The molecule has 1 unspecified atom stereocenters. The molecule has 0 radical (unpaired) electrons. The molecule has 1 aromatic rings. The zero-order chi connectivity index (χ0) is 13.9. The molecule has 19 heavy (non-hydrogen) atoms. The Morgan fingerprint density at radius 3 is 2.26 bits per heavy atom. The smallest absolute Gasteiger partial charge is 0.0460 e. The highest BCUT2D eigenvalue weighted by atomic mass is 15.2. The number of hydrogen-bond acceptors (Lipinski definition) is 2. The zero-order valence-electron chi connectivity index (χ0n) is 12.6. The van der Waals surface area contributed by atoms with Gasteiger partial charge in [-0.2, -0.15) is 0 Å². The van der Waals surface area contributed by atoms with Gasteiger partial charge < -0.3 is 0 Å². The molecule has 1 aromatic carbocycles. The fraction of sp³-hybridized carbons (Fsp3) is 0.647. The highest BCUT2D eigenvalue weighted by Gasteiger charge is 2.20. The van der Waals surface area contributed by atoms with E-state index in [4.69, 9.17) is 5.84 Å². The Bertz CT molecular complexity index is 385. The molecule has 0 spiro atoms. The molecular formula is C17H28N2. The van der Waals surface area contributed by atoms with E-state index in [-0.39, 0.29) is 6.04 Å². The Morgan fingerprint density at radius 1 is 1.21 bits per heavy atom. The Morgan fingerprint density at radius 2 is 1.84 bits per heavy atom. The van der Waals surface area contributed by atoms with Crippen molar-refractivity contribution in [3.63, 3.8) is 0 Å². The third-order valence-corrected chi connectivity index (χ3v) is 4.30. The lowest BCUT2D eigenvalue weighted by atomic mass is 9.79. The third kappa shape index (κ3) is 4.05. The largest absolute Gasteiger partial charge is 0.271 e. The summed E-state index contributed by atoms with van der Waals surface area (Å²) in [5, 5.41) is 0. The van der Waals surface area contributed by atoms with Crippen molar-refractivity contribution in [3.05, 3.63) is 35.4 Å². The summed E-state index contributed by atoms with van der Waals surface area (Å²) < 4.78 is 0. The van der Waals surface area contributed by atoms with Gasteiger partial charge in [-0.15, -0.1) is 0 Å². The summed E-state index contributed by atoms with van der Waals surface area (Å²) >= 11 is 0. The molecule has 2 rings (SSSR count). The highest BCUT2D eigenvalue weighted by molar-refractivity contribution is 5.28. The van der Waals surface area contributed by atoms with Gasteiger partial charge in [0.05, 0.1) is 0 Å². The summed E-state index contributed by atoms with van der Waals surface area (Å²) in [7, 11) is 0. The summed E-state index contributed by atoms with van der Waals surface area (Å²) in [5.41, 5.74) is 6.15. The van der Waals surface area contributed by atoms with E-state index in [1.807, 2.05) is 0 Å². The number of hydrazine groups is 1. The van der Waals surface area contributed by atoms with Crippen LogP contribution in [0.25, 0.3) is 0 Å². The second kappa shape index (κ2) is 6.06. The van der Waals surface area contributed by atoms with Gasteiger partial charge in [0, 0.05) is 6.04 Å². The topological polar surface area (TPSA) is 38.0 Å². The van der Waals surface area contributed by atoms with E-state index in [1.165, 1.54) is 36.8 Å². The average Bonchev–Trinajstić information content (AvgIpc) is 2.28. The van der Waals surface area contributed by atoms with Gasteiger partial charge in [-0.05, 0) is 48.1 Å². The molecule has 0 aromatic heterocycles. The fourth-order valence-electron chi connectivity index (χ4n) is 2.67. The molecule has 3 N–H and O–H groups in total. The van der Waals surface area contributed by atoms with E-state index in [2.05, 4.69) is 50.5 Å². The maximum absolute atomic E-state index is 5.72. The first-order chi connectivity index (χ1) is 8.99. The highest BCUT2D eigenvalue weighted by Crippen LogP contribution is 2.36. The molecule has 2 nitrogen and oxygen atoms in total.